The average molecular weight is 369 g/mol. The number of hydrogen-bond acceptors (Lipinski definition) is 5. The van der Waals surface area contributed by atoms with E-state index >= 15 is 0 Å². The van der Waals surface area contributed by atoms with Crippen LogP contribution >= 0.6 is 11.8 Å². The van der Waals surface area contributed by atoms with E-state index in [9.17, 15) is 14.4 Å². The second-order valence-corrected chi connectivity index (χ2v) is 6.61. The van der Waals surface area contributed by atoms with Gasteiger partial charge in [0, 0.05) is 18.2 Å². The topological polar surface area (TPSA) is 87.8 Å². The molecule has 1 aliphatic rings. The highest BCUT2D eigenvalue weighted by molar-refractivity contribution is 8.18. The van der Waals surface area contributed by atoms with Gasteiger partial charge in [-0.05, 0) is 48.5 Å². The highest BCUT2D eigenvalue weighted by Gasteiger charge is 2.34. The van der Waals surface area contributed by atoms with Gasteiger partial charge in [0.1, 0.15) is 11.5 Å². The number of furan rings is 1. The number of aromatic carboxylic acids is 1. The number of aryl methyl sites for hydroxylation is 1. The number of hydrogen-bond donors (Lipinski definition) is 1. The van der Waals surface area contributed by atoms with Crippen molar-refractivity contribution in [3.63, 3.8) is 0 Å². The van der Waals surface area contributed by atoms with E-state index in [0.717, 1.165) is 22.2 Å². The molecule has 1 aromatic heterocycles. The zero-order valence-electron chi connectivity index (χ0n) is 13.9. The molecule has 1 fully saturated rings. The molecule has 26 heavy (non-hydrogen) atoms. The Hall–Kier alpha value is -3.06. The Labute approximate surface area is 153 Å². The van der Waals surface area contributed by atoms with Crippen molar-refractivity contribution in [3.8, 4) is 11.3 Å². The third-order valence-corrected chi connectivity index (χ3v) is 4.74. The summed E-state index contributed by atoms with van der Waals surface area (Å²) >= 11 is 0.844. The summed E-state index contributed by atoms with van der Waals surface area (Å²) in [6.07, 6.45) is 3.00. The van der Waals surface area contributed by atoms with Gasteiger partial charge >= 0.3 is 5.97 Å². The van der Waals surface area contributed by atoms with Gasteiger partial charge in [0.15, 0.2) is 0 Å². The molecular weight excluding hydrogens is 354 g/mol. The number of carbonyl (C=O) groups is 3. The van der Waals surface area contributed by atoms with Gasteiger partial charge in [-0.15, -0.1) is 6.58 Å². The molecule has 1 aliphatic heterocycles. The standard InChI is InChI=1S/C19H15NO5S/c1-3-8-20-17(21)16(26-19(20)24)10-13-6-7-15(25-13)14-9-12(18(22)23)5-4-11(14)2/h3-7,9-10H,1,8H2,2H3,(H,22,23)/b16-10-. The fourth-order valence-corrected chi connectivity index (χ4v) is 3.34. The molecule has 7 heteroatoms. The van der Waals surface area contributed by atoms with Crippen LogP contribution < -0.4 is 0 Å². The number of thioether (sulfide) groups is 1. The van der Waals surface area contributed by atoms with Crippen LogP contribution in [0.25, 0.3) is 17.4 Å². The Morgan fingerprint density at radius 2 is 2.08 bits per heavy atom. The Kier molecular flexibility index (Phi) is 4.81. The summed E-state index contributed by atoms with van der Waals surface area (Å²) in [6.45, 7) is 5.54. The van der Waals surface area contributed by atoms with Gasteiger partial charge in [-0.1, -0.05) is 12.1 Å². The first-order chi connectivity index (χ1) is 12.4. The smallest absolute Gasteiger partial charge is 0.335 e. The summed E-state index contributed by atoms with van der Waals surface area (Å²) in [4.78, 5) is 36.6. The molecule has 6 nitrogen and oxygen atoms in total. The van der Waals surface area contributed by atoms with Gasteiger partial charge < -0.3 is 9.52 Å². The molecule has 2 amide bonds. The van der Waals surface area contributed by atoms with Crippen LogP contribution in [0.3, 0.4) is 0 Å². The maximum absolute atomic E-state index is 12.2. The molecular formula is C19H15NO5S. The second kappa shape index (κ2) is 7.05. The van der Waals surface area contributed by atoms with Crippen LogP contribution in [0.2, 0.25) is 0 Å². The maximum Gasteiger partial charge on any atom is 0.335 e. The van der Waals surface area contributed by atoms with E-state index in [1.165, 1.54) is 24.3 Å². The molecule has 1 aromatic carbocycles. The van der Waals surface area contributed by atoms with Crippen molar-refractivity contribution in [2.75, 3.05) is 6.54 Å². The molecule has 0 saturated carbocycles. The fraction of sp³-hybridized carbons (Fsp3) is 0.105. The summed E-state index contributed by atoms with van der Waals surface area (Å²) in [7, 11) is 0. The number of imide groups is 1. The zero-order valence-corrected chi connectivity index (χ0v) is 14.7. The molecule has 0 atom stereocenters. The monoisotopic (exact) mass is 369 g/mol. The second-order valence-electron chi connectivity index (χ2n) is 5.62. The zero-order chi connectivity index (χ0) is 18.8. The molecule has 2 aromatic rings. The number of amides is 2. The number of carbonyl (C=O) groups excluding carboxylic acids is 2. The first kappa shape index (κ1) is 17.8. The minimum absolute atomic E-state index is 0.159. The van der Waals surface area contributed by atoms with Gasteiger partial charge in [-0.2, -0.15) is 0 Å². The van der Waals surface area contributed by atoms with Crippen LogP contribution in [0.4, 0.5) is 4.79 Å². The first-order valence-corrected chi connectivity index (χ1v) is 8.52. The largest absolute Gasteiger partial charge is 0.478 e. The lowest BCUT2D eigenvalue weighted by atomic mass is 10.0. The predicted octanol–water partition coefficient (Wildman–Crippen LogP) is 4.18. The van der Waals surface area contributed by atoms with E-state index in [1.807, 2.05) is 6.92 Å². The van der Waals surface area contributed by atoms with Crippen LogP contribution in [-0.2, 0) is 4.79 Å². The Balaban J connectivity index is 1.91. The molecule has 3 rings (SSSR count). The van der Waals surface area contributed by atoms with Gasteiger partial charge in [0.2, 0.25) is 0 Å². The SMILES string of the molecule is C=CCN1C(=O)S/C(=C\c2ccc(-c3cc(C(=O)O)ccc3C)o2)C1=O. The van der Waals surface area contributed by atoms with E-state index in [4.69, 9.17) is 9.52 Å². The predicted molar refractivity (Wildman–Crippen MR) is 98.7 cm³/mol. The molecule has 132 valence electrons. The summed E-state index contributed by atoms with van der Waals surface area (Å²) in [6, 6.07) is 8.15. The fourth-order valence-electron chi connectivity index (χ4n) is 2.51. The van der Waals surface area contributed by atoms with Crippen molar-refractivity contribution in [1.29, 1.82) is 0 Å². The minimum atomic E-state index is -1.02. The summed E-state index contributed by atoms with van der Waals surface area (Å²) in [5, 5.41) is 8.79. The van der Waals surface area contributed by atoms with Crippen LogP contribution in [0.1, 0.15) is 21.7 Å². The number of benzene rings is 1. The first-order valence-electron chi connectivity index (χ1n) is 7.71. The molecule has 0 bridgehead atoms. The van der Waals surface area contributed by atoms with E-state index in [0.29, 0.717) is 17.1 Å². The van der Waals surface area contributed by atoms with E-state index in [2.05, 4.69) is 6.58 Å². The normalized spacial score (nSPS) is 15.7. The molecule has 1 N–H and O–H groups in total. The van der Waals surface area contributed by atoms with Crippen molar-refractivity contribution in [3.05, 3.63) is 64.8 Å². The van der Waals surface area contributed by atoms with Gasteiger partial charge in [0.25, 0.3) is 11.1 Å². The molecule has 0 unspecified atom stereocenters. The summed E-state index contributed by atoms with van der Waals surface area (Å²) in [5.74, 6) is -0.512. The number of carboxylic acids is 1. The third-order valence-electron chi connectivity index (χ3n) is 3.84. The highest BCUT2D eigenvalue weighted by Crippen LogP contribution is 2.33. The van der Waals surface area contributed by atoms with Crippen molar-refractivity contribution < 1.29 is 23.9 Å². The molecule has 1 saturated heterocycles. The van der Waals surface area contributed by atoms with Crippen LogP contribution in [0, 0.1) is 6.92 Å². The van der Waals surface area contributed by atoms with Gasteiger partial charge in [-0.3, -0.25) is 14.5 Å². The lowest BCUT2D eigenvalue weighted by molar-refractivity contribution is -0.122. The molecule has 2 heterocycles. The van der Waals surface area contributed by atoms with Crippen molar-refractivity contribution in [2.45, 2.75) is 6.92 Å². The summed E-state index contributed by atoms with van der Waals surface area (Å²) < 4.78 is 5.74. The highest BCUT2D eigenvalue weighted by atomic mass is 32.2. The summed E-state index contributed by atoms with van der Waals surface area (Å²) in [5.41, 5.74) is 1.68. The maximum atomic E-state index is 12.2. The molecule has 0 radical (unpaired) electrons. The molecule has 0 aliphatic carbocycles. The van der Waals surface area contributed by atoms with Crippen LogP contribution in [-0.4, -0.2) is 33.7 Å². The number of rotatable bonds is 5. The van der Waals surface area contributed by atoms with E-state index in [-0.39, 0.29) is 28.2 Å². The van der Waals surface area contributed by atoms with Crippen molar-refractivity contribution in [1.82, 2.24) is 4.90 Å². The van der Waals surface area contributed by atoms with Crippen LogP contribution in [0.15, 0.2) is 52.3 Å². The average Bonchev–Trinajstić information content (AvgIpc) is 3.16. The molecule has 0 spiro atoms. The van der Waals surface area contributed by atoms with Crippen molar-refractivity contribution in [2.24, 2.45) is 0 Å². The van der Waals surface area contributed by atoms with Gasteiger partial charge in [0.05, 0.1) is 10.5 Å². The van der Waals surface area contributed by atoms with E-state index < -0.39 is 5.97 Å². The van der Waals surface area contributed by atoms with E-state index in [1.54, 1.807) is 18.2 Å². The third kappa shape index (κ3) is 3.34. The van der Waals surface area contributed by atoms with Crippen molar-refractivity contribution >= 4 is 35.0 Å². The van der Waals surface area contributed by atoms with Gasteiger partial charge in [-0.25, -0.2) is 4.79 Å². The minimum Gasteiger partial charge on any atom is -0.478 e. The lowest BCUT2D eigenvalue weighted by Gasteiger charge is -2.07. The number of carboxylic acid groups (broad SMARTS) is 1. The van der Waals surface area contributed by atoms with Crippen LogP contribution in [0.5, 0.6) is 0 Å². The quantitative estimate of drug-likeness (QED) is 0.628. The number of nitrogens with zero attached hydrogens (tertiary/aromatic N) is 1. The Morgan fingerprint density at radius 3 is 2.77 bits per heavy atom. The Bertz CT molecular complexity index is 957. The lowest BCUT2D eigenvalue weighted by Crippen LogP contribution is -2.27. The Morgan fingerprint density at radius 1 is 1.31 bits per heavy atom.